The minimum atomic E-state index is 0.398. The van der Waals surface area contributed by atoms with Crippen molar-refractivity contribution in [1.29, 1.82) is 0 Å². The highest BCUT2D eigenvalue weighted by Crippen LogP contribution is 2.13. The maximum Gasteiger partial charge on any atom is 0.254 e. The van der Waals surface area contributed by atoms with Crippen LogP contribution in [0.1, 0.15) is 39.3 Å². The second-order valence-corrected chi connectivity index (χ2v) is 5.47. The summed E-state index contributed by atoms with van der Waals surface area (Å²) >= 11 is 0. The number of hydrogen-bond acceptors (Lipinski definition) is 5. The summed E-state index contributed by atoms with van der Waals surface area (Å²) in [5.74, 6) is 1.61. The van der Waals surface area contributed by atoms with Crippen molar-refractivity contribution in [3.63, 3.8) is 0 Å². The summed E-state index contributed by atoms with van der Waals surface area (Å²) in [6.07, 6.45) is 3.87. The van der Waals surface area contributed by atoms with Crippen molar-refractivity contribution in [2.24, 2.45) is 0 Å². The van der Waals surface area contributed by atoms with Crippen LogP contribution in [0.3, 0.4) is 0 Å². The lowest BCUT2D eigenvalue weighted by molar-refractivity contribution is 0.295. The number of hydrogen-bond donors (Lipinski definition) is 1. The monoisotopic (exact) mass is 290 g/mol. The Morgan fingerprint density at radius 1 is 1.33 bits per heavy atom. The summed E-state index contributed by atoms with van der Waals surface area (Å²) in [5.41, 5.74) is 0.952. The van der Waals surface area contributed by atoms with Gasteiger partial charge in [-0.25, -0.2) is 4.98 Å². The van der Waals surface area contributed by atoms with Gasteiger partial charge >= 0.3 is 0 Å². The summed E-state index contributed by atoms with van der Waals surface area (Å²) in [4.78, 5) is 11.0. The number of aromatic nitrogens is 4. The Labute approximate surface area is 126 Å². The van der Waals surface area contributed by atoms with E-state index in [2.05, 4.69) is 46.1 Å². The first-order valence-corrected chi connectivity index (χ1v) is 7.80. The standard InChI is InChI=1S/C15H26N6/c1-5-20(6-2)9-7-8-12(3)18-14-10-13(4)19-15-16-11-17-21(14)15/h10-12,18H,5-9H2,1-4H3. The third kappa shape index (κ3) is 4.14. The lowest BCUT2D eigenvalue weighted by atomic mass is 10.1. The van der Waals surface area contributed by atoms with Gasteiger partial charge in [-0.15, -0.1) is 0 Å². The smallest absolute Gasteiger partial charge is 0.254 e. The van der Waals surface area contributed by atoms with Gasteiger partial charge in [-0.05, 0) is 46.3 Å². The molecule has 0 spiro atoms. The molecule has 2 aromatic heterocycles. The van der Waals surface area contributed by atoms with Crippen LogP contribution in [-0.4, -0.2) is 50.2 Å². The Kier molecular flexibility index (Phi) is 5.50. The van der Waals surface area contributed by atoms with Crippen molar-refractivity contribution in [2.45, 2.75) is 46.6 Å². The van der Waals surface area contributed by atoms with Gasteiger partial charge in [0.2, 0.25) is 0 Å². The quantitative estimate of drug-likeness (QED) is 0.809. The van der Waals surface area contributed by atoms with E-state index in [0.717, 1.165) is 37.6 Å². The van der Waals surface area contributed by atoms with Crippen LogP contribution in [0.5, 0.6) is 0 Å². The van der Waals surface area contributed by atoms with Crippen LogP contribution in [0.25, 0.3) is 5.78 Å². The Balaban J connectivity index is 1.92. The average molecular weight is 290 g/mol. The molecule has 0 amide bonds. The highest BCUT2D eigenvalue weighted by Gasteiger charge is 2.09. The van der Waals surface area contributed by atoms with Crippen LogP contribution >= 0.6 is 0 Å². The number of fused-ring (bicyclic) bond motifs is 1. The number of nitrogens with zero attached hydrogens (tertiary/aromatic N) is 5. The predicted molar refractivity (Wildman–Crippen MR) is 85.6 cm³/mol. The first kappa shape index (κ1) is 15.7. The van der Waals surface area contributed by atoms with Crippen LogP contribution in [0, 0.1) is 6.92 Å². The second kappa shape index (κ2) is 7.36. The maximum atomic E-state index is 4.35. The van der Waals surface area contributed by atoms with Crippen molar-refractivity contribution in [3.05, 3.63) is 18.1 Å². The molecule has 21 heavy (non-hydrogen) atoms. The van der Waals surface area contributed by atoms with E-state index in [4.69, 9.17) is 0 Å². The zero-order valence-corrected chi connectivity index (χ0v) is 13.5. The number of rotatable bonds is 8. The molecule has 0 bridgehead atoms. The molecule has 6 nitrogen and oxygen atoms in total. The van der Waals surface area contributed by atoms with Crippen LogP contribution in [-0.2, 0) is 0 Å². The van der Waals surface area contributed by atoms with Crippen molar-refractivity contribution in [3.8, 4) is 0 Å². The Hall–Kier alpha value is -1.69. The summed E-state index contributed by atoms with van der Waals surface area (Å²) in [7, 11) is 0. The highest BCUT2D eigenvalue weighted by molar-refractivity contribution is 5.45. The molecule has 2 aromatic rings. The van der Waals surface area contributed by atoms with Gasteiger partial charge in [-0.1, -0.05) is 13.8 Å². The molecule has 2 heterocycles. The van der Waals surface area contributed by atoms with Crippen LogP contribution in [0.15, 0.2) is 12.4 Å². The van der Waals surface area contributed by atoms with Gasteiger partial charge in [-0.3, -0.25) is 0 Å². The van der Waals surface area contributed by atoms with E-state index in [1.807, 2.05) is 13.0 Å². The van der Waals surface area contributed by atoms with Crippen molar-refractivity contribution < 1.29 is 0 Å². The molecule has 0 aromatic carbocycles. The minimum absolute atomic E-state index is 0.398. The van der Waals surface area contributed by atoms with E-state index in [-0.39, 0.29) is 0 Å². The summed E-state index contributed by atoms with van der Waals surface area (Å²) in [6.45, 7) is 12.0. The molecule has 116 valence electrons. The molecule has 6 heteroatoms. The minimum Gasteiger partial charge on any atom is -0.367 e. The van der Waals surface area contributed by atoms with Gasteiger partial charge in [0, 0.05) is 17.8 Å². The molecular weight excluding hydrogens is 264 g/mol. The molecule has 2 rings (SSSR count). The predicted octanol–water partition coefficient (Wildman–Crippen LogP) is 2.36. The van der Waals surface area contributed by atoms with Gasteiger partial charge in [0.05, 0.1) is 0 Å². The van der Waals surface area contributed by atoms with Crippen molar-refractivity contribution >= 4 is 11.6 Å². The van der Waals surface area contributed by atoms with E-state index in [1.54, 1.807) is 4.52 Å². The molecular formula is C15H26N6. The van der Waals surface area contributed by atoms with Crippen LogP contribution in [0.2, 0.25) is 0 Å². The highest BCUT2D eigenvalue weighted by atomic mass is 15.4. The van der Waals surface area contributed by atoms with E-state index in [9.17, 15) is 0 Å². The van der Waals surface area contributed by atoms with E-state index >= 15 is 0 Å². The summed E-state index contributed by atoms with van der Waals surface area (Å²) in [6, 6.07) is 2.41. The lowest BCUT2D eigenvalue weighted by Crippen LogP contribution is -2.26. The van der Waals surface area contributed by atoms with Gasteiger partial charge in [0.25, 0.3) is 5.78 Å². The molecule has 0 aliphatic carbocycles. The first-order chi connectivity index (χ1) is 10.1. The van der Waals surface area contributed by atoms with Gasteiger partial charge < -0.3 is 10.2 Å². The Bertz CT molecular complexity index is 560. The van der Waals surface area contributed by atoms with E-state index in [1.165, 1.54) is 12.7 Å². The van der Waals surface area contributed by atoms with E-state index < -0.39 is 0 Å². The molecule has 1 atom stereocenters. The maximum absolute atomic E-state index is 4.35. The summed E-state index contributed by atoms with van der Waals surface area (Å²) < 4.78 is 1.76. The molecule has 0 fully saturated rings. The fourth-order valence-corrected chi connectivity index (χ4v) is 2.52. The summed E-state index contributed by atoms with van der Waals surface area (Å²) in [5, 5.41) is 7.74. The lowest BCUT2D eigenvalue weighted by Gasteiger charge is -2.20. The Morgan fingerprint density at radius 2 is 2.10 bits per heavy atom. The Morgan fingerprint density at radius 3 is 2.81 bits per heavy atom. The zero-order valence-electron chi connectivity index (χ0n) is 13.5. The average Bonchev–Trinajstić information content (AvgIpc) is 2.92. The second-order valence-electron chi connectivity index (χ2n) is 5.47. The van der Waals surface area contributed by atoms with Crippen LogP contribution < -0.4 is 5.32 Å². The number of aryl methyl sites for hydroxylation is 1. The number of nitrogens with one attached hydrogen (secondary N) is 1. The molecule has 0 radical (unpaired) electrons. The van der Waals surface area contributed by atoms with Gasteiger partial charge in [0.15, 0.2) is 0 Å². The molecule has 0 saturated carbocycles. The first-order valence-electron chi connectivity index (χ1n) is 7.80. The zero-order chi connectivity index (χ0) is 15.2. The van der Waals surface area contributed by atoms with Crippen molar-refractivity contribution in [2.75, 3.05) is 25.0 Å². The topological polar surface area (TPSA) is 58.3 Å². The molecule has 1 unspecified atom stereocenters. The third-order valence-corrected chi connectivity index (χ3v) is 3.78. The normalized spacial score (nSPS) is 13.0. The number of anilines is 1. The molecule has 1 N–H and O–H groups in total. The van der Waals surface area contributed by atoms with Crippen LogP contribution in [0.4, 0.5) is 5.82 Å². The van der Waals surface area contributed by atoms with Gasteiger partial charge in [0.1, 0.15) is 12.1 Å². The SMILES string of the molecule is CCN(CC)CCCC(C)Nc1cc(C)nc2ncnn12. The van der Waals surface area contributed by atoms with Gasteiger partial charge in [-0.2, -0.15) is 14.6 Å². The molecule has 0 aliphatic heterocycles. The molecule has 0 saturated heterocycles. The third-order valence-electron chi connectivity index (χ3n) is 3.78. The fraction of sp³-hybridized carbons (Fsp3) is 0.667. The largest absolute Gasteiger partial charge is 0.367 e. The van der Waals surface area contributed by atoms with Crippen molar-refractivity contribution in [1.82, 2.24) is 24.5 Å². The van der Waals surface area contributed by atoms with E-state index in [0.29, 0.717) is 11.8 Å². The fourth-order valence-electron chi connectivity index (χ4n) is 2.52. The molecule has 0 aliphatic rings.